The molecule has 1 heterocycles. The first-order valence-electron chi connectivity index (χ1n) is 5.83. The highest BCUT2D eigenvalue weighted by atomic mass is 16.2. The number of amides is 2. The van der Waals surface area contributed by atoms with Crippen molar-refractivity contribution < 1.29 is 4.79 Å². The number of benzene rings is 1. The van der Waals surface area contributed by atoms with E-state index in [1.807, 2.05) is 23.2 Å². The standard InChI is InChI=1S/C12H18N4O/c1-13-12(17)14-16-9-7-15(8-10-16)11-5-3-2-4-6-11/h2-6H,7-10H2,1H3,(H2,13,14,17). The SMILES string of the molecule is CNC(=O)NN1CCN(c2ccccc2)CC1. The molecule has 1 aromatic rings. The van der Waals surface area contributed by atoms with E-state index in [0.717, 1.165) is 26.2 Å². The van der Waals surface area contributed by atoms with Gasteiger partial charge in [-0.25, -0.2) is 9.80 Å². The van der Waals surface area contributed by atoms with E-state index in [2.05, 4.69) is 27.8 Å². The number of anilines is 1. The summed E-state index contributed by atoms with van der Waals surface area (Å²) in [6, 6.07) is 10.2. The number of urea groups is 1. The van der Waals surface area contributed by atoms with Crippen LogP contribution in [0.4, 0.5) is 10.5 Å². The number of carbonyl (C=O) groups is 1. The number of hydrogen-bond donors (Lipinski definition) is 2. The summed E-state index contributed by atoms with van der Waals surface area (Å²) in [4.78, 5) is 13.5. The molecule has 5 heteroatoms. The van der Waals surface area contributed by atoms with Crippen molar-refractivity contribution in [3.8, 4) is 0 Å². The number of nitrogens with zero attached hydrogens (tertiary/aromatic N) is 2. The summed E-state index contributed by atoms with van der Waals surface area (Å²) in [5.74, 6) is 0. The molecule has 2 amide bonds. The smallest absolute Gasteiger partial charge is 0.329 e. The first kappa shape index (κ1) is 11.7. The molecular weight excluding hydrogens is 216 g/mol. The molecule has 2 N–H and O–H groups in total. The molecular formula is C12H18N4O. The van der Waals surface area contributed by atoms with Gasteiger partial charge in [0.2, 0.25) is 0 Å². The molecule has 0 spiro atoms. The van der Waals surface area contributed by atoms with Crippen LogP contribution in [0.2, 0.25) is 0 Å². The second-order valence-corrected chi connectivity index (χ2v) is 4.00. The van der Waals surface area contributed by atoms with Gasteiger partial charge in [0.15, 0.2) is 0 Å². The van der Waals surface area contributed by atoms with Gasteiger partial charge in [0, 0.05) is 38.9 Å². The van der Waals surface area contributed by atoms with Crippen LogP contribution in [0, 0.1) is 0 Å². The minimum atomic E-state index is -0.154. The first-order chi connectivity index (χ1) is 8.29. The van der Waals surface area contributed by atoms with Crippen LogP contribution in [-0.4, -0.2) is 44.3 Å². The van der Waals surface area contributed by atoms with Gasteiger partial charge in [0.25, 0.3) is 0 Å². The Balaban J connectivity index is 1.84. The number of hydrogen-bond acceptors (Lipinski definition) is 3. The molecule has 1 saturated heterocycles. The fraction of sp³-hybridized carbons (Fsp3) is 0.417. The molecule has 1 aliphatic heterocycles. The third-order valence-electron chi connectivity index (χ3n) is 2.89. The van der Waals surface area contributed by atoms with E-state index < -0.39 is 0 Å². The molecule has 0 aliphatic carbocycles. The van der Waals surface area contributed by atoms with Gasteiger partial charge < -0.3 is 10.2 Å². The van der Waals surface area contributed by atoms with Gasteiger partial charge in [-0.05, 0) is 12.1 Å². The van der Waals surface area contributed by atoms with Gasteiger partial charge in [-0.15, -0.1) is 0 Å². The Morgan fingerprint density at radius 1 is 1.12 bits per heavy atom. The molecule has 1 aliphatic rings. The van der Waals surface area contributed by atoms with Gasteiger partial charge in [0.05, 0.1) is 0 Å². The number of rotatable bonds is 2. The number of nitrogens with one attached hydrogen (secondary N) is 2. The lowest BCUT2D eigenvalue weighted by Crippen LogP contribution is -2.55. The topological polar surface area (TPSA) is 47.6 Å². The molecule has 5 nitrogen and oxygen atoms in total. The zero-order valence-corrected chi connectivity index (χ0v) is 10.0. The van der Waals surface area contributed by atoms with E-state index in [4.69, 9.17) is 0 Å². The molecule has 1 aromatic carbocycles. The maximum atomic E-state index is 11.2. The highest BCUT2D eigenvalue weighted by Crippen LogP contribution is 2.14. The molecule has 1 fully saturated rings. The molecule has 0 bridgehead atoms. The molecule has 0 aromatic heterocycles. The summed E-state index contributed by atoms with van der Waals surface area (Å²) >= 11 is 0. The maximum Gasteiger partial charge on any atom is 0.329 e. The summed E-state index contributed by atoms with van der Waals surface area (Å²) in [6.07, 6.45) is 0. The fourth-order valence-electron chi connectivity index (χ4n) is 1.91. The van der Waals surface area contributed by atoms with Crippen molar-refractivity contribution in [3.63, 3.8) is 0 Å². The Kier molecular flexibility index (Phi) is 3.82. The van der Waals surface area contributed by atoms with E-state index in [-0.39, 0.29) is 6.03 Å². The van der Waals surface area contributed by atoms with Crippen molar-refractivity contribution in [2.24, 2.45) is 0 Å². The van der Waals surface area contributed by atoms with Crippen LogP contribution in [0.15, 0.2) is 30.3 Å². The average molecular weight is 234 g/mol. The Morgan fingerprint density at radius 2 is 1.76 bits per heavy atom. The lowest BCUT2D eigenvalue weighted by Gasteiger charge is -2.35. The molecule has 0 saturated carbocycles. The van der Waals surface area contributed by atoms with Crippen LogP contribution < -0.4 is 15.6 Å². The lowest BCUT2D eigenvalue weighted by atomic mass is 10.2. The van der Waals surface area contributed by atoms with E-state index >= 15 is 0 Å². The normalized spacial score (nSPS) is 16.6. The largest absolute Gasteiger partial charge is 0.369 e. The van der Waals surface area contributed by atoms with Gasteiger partial charge in [0.1, 0.15) is 0 Å². The predicted octanol–water partition coefficient (Wildman–Crippen LogP) is 0.653. The number of carbonyl (C=O) groups excluding carboxylic acids is 1. The molecule has 92 valence electrons. The number of piperazine rings is 1. The van der Waals surface area contributed by atoms with E-state index in [1.54, 1.807) is 7.05 Å². The highest BCUT2D eigenvalue weighted by Gasteiger charge is 2.17. The quantitative estimate of drug-likeness (QED) is 0.790. The molecule has 17 heavy (non-hydrogen) atoms. The monoisotopic (exact) mass is 234 g/mol. The third-order valence-corrected chi connectivity index (χ3v) is 2.89. The van der Waals surface area contributed by atoms with Crippen molar-refractivity contribution in [2.45, 2.75) is 0 Å². The van der Waals surface area contributed by atoms with Crippen LogP contribution in [0.5, 0.6) is 0 Å². The zero-order chi connectivity index (χ0) is 12.1. The van der Waals surface area contributed by atoms with Crippen molar-refractivity contribution >= 4 is 11.7 Å². The Hall–Kier alpha value is -1.75. The summed E-state index contributed by atoms with van der Waals surface area (Å²) in [6.45, 7) is 3.52. The third kappa shape index (κ3) is 3.10. The fourth-order valence-corrected chi connectivity index (χ4v) is 1.91. The molecule has 0 unspecified atom stereocenters. The number of hydrazine groups is 1. The maximum absolute atomic E-state index is 11.2. The minimum absolute atomic E-state index is 0.154. The second-order valence-electron chi connectivity index (χ2n) is 4.00. The van der Waals surface area contributed by atoms with Gasteiger partial charge >= 0.3 is 6.03 Å². The summed E-state index contributed by atoms with van der Waals surface area (Å²) < 4.78 is 0. The molecule has 0 radical (unpaired) electrons. The van der Waals surface area contributed by atoms with Crippen LogP contribution in [0.25, 0.3) is 0 Å². The second kappa shape index (κ2) is 5.54. The highest BCUT2D eigenvalue weighted by molar-refractivity contribution is 5.72. The predicted molar refractivity (Wildman–Crippen MR) is 67.8 cm³/mol. The van der Waals surface area contributed by atoms with Crippen LogP contribution in [0.3, 0.4) is 0 Å². The Bertz CT molecular complexity index is 360. The summed E-state index contributed by atoms with van der Waals surface area (Å²) in [5.41, 5.74) is 4.04. The van der Waals surface area contributed by atoms with Crippen LogP contribution >= 0.6 is 0 Å². The first-order valence-corrected chi connectivity index (χ1v) is 5.83. The molecule has 2 rings (SSSR count). The average Bonchev–Trinajstić information content (AvgIpc) is 2.40. The van der Waals surface area contributed by atoms with Crippen molar-refractivity contribution in [2.75, 3.05) is 38.1 Å². The zero-order valence-electron chi connectivity index (χ0n) is 10.0. The minimum Gasteiger partial charge on any atom is -0.369 e. The van der Waals surface area contributed by atoms with Crippen molar-refractivity contribution in [3.05, 3.63) is 30.3 Å². The number of para-hydroxylation sites is 1. The Labute approximate surface area is 101 Å². The van der Waals surface area contributed by atoms with E-state index in [9.17, 15) is 4.79 Å². The lowest BCUT2D eigenvalue weighted by molar-refractivity contribution is 0.171. The molecule has 0 atom stereocenters. The van der Waals surface area contributed by atoms with Crippen molar-refractivity contribution in [1.82, 2.24) is 15.8 Å². The van der Waals surface area contributed by atoms with E-state index in [0.29, 0.717) is 0 Å². The van der Waals surface area contributed by atoms with Crippen molar-refractivity contribution in [1.29, 1.82) is 0 Å². The van der Waals surface area contributed by atoms with E-state index in [1.165, 1.54) is 5.69 Å². The van der Waals surface area contributed by atoms with Gasteiger partial charge in [-0.2, -0.15) is 0 Å². The van der Waals surface area contributed by atoms with Crippen LogP contribution in [0.1, 0.15) is 0 Å². The summed E-state index contributed by atoms with van der Waals surface area (Å²) in [5, 5.41) is 4.49. The summed E-state index contributed by atoms with van der Waals surface area (Å²) in [7, 11) is 1.62. The van der Waals surface area contributed by atoms with Gasteiger partial charge in [-0.1, -0.05) is 18.2 Å². The Morgan fingerprint density at radius 3 is 2.35 bits per heavy atom. The van der Waals surface area contributed by atoms with Gasteiger partial charge in [-0.3, -0.25) is 5.43 Å². The van der Waals surface area contributed by atoms with Crippen LogP contribution in [-0.2, 0) is 0 Å².